The molecule has 0 spiro atoms. The number of aromatic nitrogens is 2. The predicted molar refractivity (Wildman–Crippen MR) is 97.6 cm³/mol. The highest BCUT2D eigenvalue weighted by atomic mass is 19.1. The smallest absolute Gasteiger partial charge is 0.272 e. The number of H-pyrrole nitrogens is 1. The molecular weight excluding hydrogens is 349 g/mol. The molecule has 2 N–H and O–H groups in total. The van der Waals surface area contributed by atoms with Crippen LogP contribution < -0.4 is 5.56 Å². The highest BCUT2D eigenvalue weighted by Gasteiger charge is 2.39. The van der Waals surface area contributed by atoms with E-state index in [-0.39, 0.29) is 30.2 Å². The Morgan fingerprint density at radius 2 is 1.89 bits per heavy atom. The van der Waals surface area contributed by atoms with Crippen molar-refractivity contribution in [3.63, 3.8) is 0 Å². The van der Waals surface area contributed by atoms with E-state index in [1.165, 1.54) is 12.1 Å². The summed E-state index contributed by atoms with van der Waals surface area (Å²) in [5, 5.41) is 18.5. The number of β-amino-alcohol motifs (C(OH)–C–C–N with tert-alkyl or cyclic N) is 1. The van der Waals surface area contributed by atoms with Crippen LogP contribution in [0.1, 0.15) is 17.7 Å². The summed E-state index contributed by atoms with van der Waals surface area (Å²) < 4.78 is 13.1. The van der Waals surface area contributed by atoms with Gasteiger partial charge in [-0.1, -0.05) is 30.3 Å². The monoisotopic (exact) mass is 367 g/mol. The first-order valence-corrected chi connectivity index (χ1v) is 8.69. The van der Waals surface area contributed by atoms with Crippen LogP contribution in [0.3, 0.4) is 0 Å². The Kier molecular flexibility index (Phi) is 4.24. The molecule has 1 aromatic heterocycles. The third kappa shape index (κ3) is 3.21. The summed E-state index contributed by atoms with van der Waals surface area (Å²) in [7, 11) is 0. The molecule has 3 aromatic rings. The molecule has 0 bridgehead atoms. The first-order valence-electron chi connectivity index (χ1n) is 8.69. The van der Waals surface area contributed by atoms with E-state index in [1.807, 2.05) is 0 Å². The van der Waals surface area contributed by atoms with Crippen LogP contribution in [0, 0.1) is 5.82 Å². The Hall–Kier alpha value is -3.06. The summed E-state index contributed by atoms with van der Waals surface area (Å²) in [4.78, 5) is 26.2. The number of nitrogens with one attached hydrogen (secondary N) is 1. The fourth-order valence-corrected chi connectivity index (χ4v) is 3.56. The maximum atomic E-state index is 13.1. The second-order valence-electron chi connectivity index (χ2n) is 6.83. The Labute approximate surface area is 154 Å². The third-order valence-corrected chi connectivity index (χ3v) is 5.08. The molecule has 4 rings (SSSR count). The van der Waals surface area contributed by atoms with Crippen molar-refractivity contribution in [1.82, 2.24) is 15.1 Å². The standard InChI is InChI=1S/C20H18FN3O3/c21-14-7-5-13(6-8-14)20(27)9-10-24(12-20)18(25)11-17-15-3-1-2-4-16(15)19(26)23-22-17/h1-8,27H,9-12H2,(H,23,26). The minimum Gasteiger partial charge on any atom is -0.383 e. The highest BCUT2D eigenvalue weighted by Crippen LogP contribution is 2.32. The van der Waals surface area contributed by atoms with Gasteiger partial charge in [0.25, 0.3) is 5.56 Å². The molecule has 0 aliphatic carbocycles. The molecule has 7 heteroatoms. The first-order chi connectivity index (χ1) is 13.0. The molecule has 1 unspecified atom stereocenters. The van der Waals surface area contributed by atoms with Gasteiger partial charge in [0.2, 0.25) is 5.91 Å². The fourth-order valence-electron chi connectivity index (χ4n) is 3.56. The van der Waals surface area contributed by atoms with Crippen molar-refractivity contribution in [2.45, 2.75) is 18.4 Å². The number of hydrogen-bond acceptors (Lipinski definition) is 4. The Morgan fingerprint density at radius 1 is 1.19 bits per heavy atom. The first kappa shape index (κ1) is 17.4. The largest absolute Gasteiger partial charge is 0.383 e. The van der Waals surface area contributed by atoms with E-state index < -0.39 is 5.60 Å². The van der Waals surface area contributed by atoms with E-state index in [0.717, 1.165) is 0 Å². The number of benzene rings is 2. The predicted octanol–water partition coefficient (Wildman–Crippen LogP) is 1.72. The lowest BCUT2D eigenvalue weighted by atomic mass is 9.93. The average Bonchev–Trinajstić information content (AvgIpc) is 3.08. The van der Waals surface area contributed by atoms with Crippen LogP contribution in [-0.2, 0) is 16.8 Å². The molecule has 1 atom stereocenters. The van der Waals surface area contributed by atoms with Gasteiger partial charge in [0, 0.05) is 11.9 Å². The molecule has 1 fully saturated rings. The van der Waals surface area contributed by atoms with Gasteiger partial charge in [-0.3, -0.25) is 9.59 Å². The van der Waals surface area contributed by atoms with Crippen LogP contribution in [0.4, 0.5) is 4.39 Å². The van der Waals surface area contributed by atoms with Crippen molar-refractivity contribution in [2.75, 3.05) is 13.1 Å². The van der Waals surface area contributed by atoms with Gasteiger partial charge in [0.1, 0.15) is 11.4 Å². The van der Waals surface area contributed by atoms with Gasteiger partial charge in [-0.05, 0) is 30.2 Å². The molecule has 0 radical (unpaired) electrons. The second-order valence-corrected chi connectivity index (χ2v) is 6.83. The number of fused-ring (bicyclic) bond motifs is 1. The number of likely N-dealkylation sites (tertiary alicyclic amines) is 1. The van der Waals surface area contributed by atoms with Gasteiger partial charge in [-0.15, -0.1) is 0 Å². The Balaban J connectivity index is 1.54. The Bertz CT molecular complexity index is 1060. The van der Waals surface area contributed by atoms with Crippen molar-refractivity contribution in [1.29, 1.82) is 0 Å². The number of rotatable bonds is 3. The topological polar surface area (TPSA) is 86.3 Å². The number of carbonyl (C=O) groups excluding carboxylic acids is 1. The lowest BCUT2D eigenvalue weighted by Crippen LogP contribution is -2.35. The molecule has 0 saturated carbocycles. The van der Waals surface area contributed by atoms with Gasteiger partial charge in [0.05, 0.1) is 24.0 Å². The van der Waals surface area contributed by atoms with Crippen LogP contribution >= 0.6 is 0 Å². The zero-order chi connectivity index (χ0) is 19.0. The molecule has 138 valence electrons. The summed E-state index contributed by atoms with van der Waals surface area (Å²) in [5.74, 6) is -0.554. The summed E-state index contributed by atoms with van der Waals surface area (Å²) in [5.41, 5.74) is -0.406. The van der Waals surface area contributed by atoms with Crippen LogP contribution in [0.25, 0.3) is 10.8 Å². The number of amides is 1. The number of hydrogen-bond donors (Lipinski definition) is 2. The van der Waals surface area contributed by atoms with Crippen LogP contribution in [-0.4, -0.2) is 39.2 Å². The minimum atomic E-state index is -1.19. The summed E-state index contributed by atoms with van der Waals surface area (Å²) >= 11 is 0. The van der Waals surface area contributed by atoms with Crippen molar-refractivity contribution < 1.29 is 14.3 Å². The molecule has 1 aliphatic heterocycles. The van der Waals surface area contributed by atoms with Gasteiger partial charge in [0.15, 0.2) is 0 Å². The number of aromatic amines is 1. The molecule has 2 aromatic carbocycles. The van der Waals surface area contributed by atoms with E-state index >= 15 is 0 Å². The van der Waals surface area contributed by atoms with Crippen molar-refractivity contribution in [3.8, 4) is 0 Å². The van der Waals surface area contributed by atoms with Crippen LogP contribution in [0.2, 0.25) is 0 Å². The van der Waals surface area contributed by atoms with Crippen molar-refractivity contribution >= 4 is 16.7 Å². The molecule has 1 amide bonds. The van der Waals surface area contributed by atoms with Crippen LogP contribution in [0.5, 0.6) is 0 Å². The molecular formula is C20H18FN3O3. The Morgan fingerprint density at radius 3 is 2.63 bits per heavy atom. The van der Waals surface area contributed by atoms with E-state index in [1.54, 1.807) is 41.3 Å². The van der Waals surface area contributed by atoms with E-state index in [2.05, 4.69) is 10.2 Å². The van der Waals surface area contributed by atoms with E-state index in [0.29, 0.717) is 35.0 Å². The number of aliphatic hydroxyl groups is 1. The van der Waals surface area contributed by atoms with Gasteiger partial charge < -0.3 is 10.0 Å². The lowest BCUT2D eigenvalue weighted by Gasteiger charge is -2.24. The number of halogens is 1. The summed E-state index contributed by atoms with van der Waals surface area (Å²) in [6.45, 7) is 0.534. The van der Waals surface area contributed by atoms with Crippen molar-refractivity contribution in [3.05, 3.63) is 76.0 Å². The molecule has 1 saturated heterocycles. The fraction of sp³-hybridized carbons (Fsp3) is 0.250. The zero-order valence-electron chi connectivity index (χ0n) is 14.5. The normalized spacial score (nSPS) is 19.6. The van der Waals surface area contributed by atoms with Crippen LogP contribution in [0.15, 0.2) is 53.3 Å². The van der Waals surface area contributed by atoms with Gasteiger partial charge in [-0.25, -0.2) is 9.49 Å². The SMILES string of the molecule is O=C(Cc1n[nH]c(=O)c2ccccc12)N1CCC(O)(c2ccc(F)cc2)C1. The maximum Gasteiger partial charge on any atom is 0.272 e. The van der Waals surface area contributed by atoms with E-state index in [9.17, 15) is 19.1 Å². The van der Waals surface area contributed by atoms with Gasteiger partial charge >= 0.3 is 0 Å². The highest BCUT2D eigenvalue weighted by molar-refractivity contribution is 5.88. The zero-order valence-corrected chi connectivity index (χ0v) is 14.5. The molecule has 6 nitrogen and oxygen atoms in total. The summed E-state index contributed by atoms with van der Waals surface area (Å²) in [6.07, 6.45) is 0.404. The van der Waals surface area contributed by atoms with E-state index in [4.69, 9.17) is 0 Å². The number of nitrogens with zero attached hydrogens (tertiary/aromatic N) is 2. The lowest BCUT2D eigenvalue weighted by molar-refractivity contribution is -0.130. The average molecular weight is 367 g/mol. The number of carbonyl (C=O) groups is 1. The molecule has 2 heterocycles. The maximum absolute atomic E-state index is 13.1. The second kappa shape index (κ2) is 6.59. The summed E-state index contributed by atoms with van der Waals surface area (Å²) in [6, 6.07) is 12.7. The van der Waals surface area contributed by atoms with Crippen molar-refractivity contribution in [2.24, 2.45) is 0 Å². The van der Waals surface area contributed by atoms with Gasteiger partial charge in [-0.2, -0.15) is 5.10 Å². The molecule has 1 aliphatic rings. The quantitative estimate of drug-likeness (QED) is 0.738. The minimum absolute atomic E-state index is 0.0246. The molecule has 27 heavy (non-hydrogen) atoms. The third-order valence-electron chi connectivity index (χ3n) is 5.08.